The minimum absolute atomic E-state index is 0.104. The minimum atomic E-state index is -0.107. The van der Waals surface area contributed by atoms with Crippen molar-refractivity contribution in [3.8, 4) is 5.19 Å². The predicted octanol–water partition coefficient (Wildman–Crippen LogP) is 1.85. The number of nitrogens with one attached hydrogen (secondary N) is 1. The van der Waals surface area contributed by atoms with Crippen LogP contribution in [0.4, 0.5) is 0 Å². The van der Waals surface area contributed by atoms with Gasteiger partial charge >= 0.3 is 0 Å². The number of morpholine rings is 1. The Hall–Kier alpha value is -0.650. The average molecular weight is 256 g/mol. The maximum absolute atomic E-state index is 5.92. The van der Waals surface area contributed by atoms with Gasteiger partial charge in [0.25, 0.3) is 5.19 Å². The molecule has 0 saturated carbocycles. The third-order valence-corrected chi connectivity index (χ3v) is 3.49. The number of hydrogen-bond donors (Lipinski definition) is 1. The molecule has 1 fully saturated rings. The van der Waals surface area contributed by atoms with E-state index in [4.69, 9.17) is 9.47 Å². The Morgan fingerprint density at radius 3 is 3.12 bits per heavy atom. The molecular formula is C12H20N2O2S. The summed E-state index contributed by atoms with van der Waals surface area (Å²) in [7, 11) is 0. The van der Waals surface area contributed by atoms with Gasteiger partial charge in [-0.05, 0) is 20.3 Å². The van der Waals surface area contributed by atoms with Crippen molar-refractivity contribution in [2.24, 2.45) is 0 Å². The van der Waals surface area contributed by atoms with E-state index in [1.165, 1.54) is 0 Å². The highest BCUT2D eigenvalue weighted by atomic mass is 32.1. The van der Waals surface area contributed by atoms with Crippen LogP contribution in [0.1, 0.15) is 26.5 Å². The summed E-state index contributed by atoms with van der Waals surface area (Å²) in [4.78, 5) is 4.37. The highest BCUT2D eigenvalue weighted by Crippen LogP contribution is 2.20. The Labute approximate surface area is 106 Å². The summed E-state index contributed by atoms with van der Waals surface area (Å²) in [5, 5.41) is 6.14. The van der Waals surface area contributed by atoms with Gasteiger partial charge in [-0.3, -0.25) is 0 Å². The van der Waals surface area contributed by atoms with Gasteiger partial charge in [-0.15, -0.1) is 0 Å². The number of ether oxygens (including phenoxy) is 2. The second kappa shape index (κ2) is 5.33. The highest BCUT2D eigenvalue weighted by molar-refractivity contribution is 7.11. The van der Waals surface area contributed by atoms with Gasteiger partial charge in [-0.1, -0.05) is 18.3 Å². The molecule has 17 heavy (non-hydrogen) atoms. The first-order valence-electron chi connectivity index (χ1n) is 6.05. The summed E-state index contributed by atoms with van der Waals surface area (Å²) in [5.41, 5.74) is 0.983. The van der Waals surface area contributed by atoms with Crippen LogP contribution < -0.4 is 10.1 Å². The lowest BCUT2D eigenvalue weighted by molar-refractivity contribution is -0.107. The van der Waals surface area contributed by atoms with Crippen LogP contribution in [0.3, 0.4) is 0 Å². The van der Waals surface area contributed by atoms with E-state index in [9.17, 15) is 0 Å². The zero-order valence-electron chi connectivity index (χ0n) is 10.7. The first-order valence-corrected chi connectivity index (χ1v) is 6.93. The van der Waals surface area contributed by atoms with E-state index in [-0.39, 0.29) is 11.7 Å². The van der Waals surface area contributed by atoms with Crippen molar-refractivity contribution in [2.45, 2.75) is 38.9 Å². The van der Waals surface area contributed by atoms with Crippen molar-refractivity contribution in [3.05, 3.63) is 11.1 Å². The van der Waals surface area contributed by atoms with Crippen LogP contribution in [0, 0.1) is 0 Å². The molecule has 1 aliphatic rings. The summed E-state index contributed by atoms with van der Waals surface area (Å²) < 4.78 is 11.6. The van der Waals surface area contributed by atoms with Gasteiger partial charge in [-0.25, -0.2) is 4.98 Å². The van der Waals surface area contributed by atoms with E-state index < -0.39 is 0 Å². The van der Waals surface area contributed by atoms with Gasteiger partial charge in [0, 0.05) is 18.5 Å². The summed E-state index contributed by atoms with van der Waals surface area (Å²) in [6.45, 7) is 8.56. The molecule has 1 aromatic heterocycles. The number of aromatic nitrogens is 1. The Morgan fingerprint density at radius 2 is 2.47 bits per heavy atom. The molecule has 0 bridgehead atoms. The fourth-order valence-electron chi connectivity index (χ4n) is 1.84. The van der Waals surface area contributed by atoms with Crippen LogP contribution in [0.2, 0.25) is 0 Å². The van der Waals surface area contributed by atoms with E-state index in [2.05, 4.69) is 31.1 Å². The summed E-state index contributed by atoms with van der Waals surface area (Å²) in [5.74, 6) is 0. The highest BCUT2D eigenvalue weighted by Gasteiger charge is 2.28. The molecule has 2 heterocycles. The zero-order valence-corrected chi connectivity index (χ0v) is 11.5. The molecule has 1 atom stereocenters. The number of rotatable bonds is 4. The fourth-order valence-corrected chi connectivity index (χ4v) is 2.61. The molecule has 0 amide bonds. The Bertz CT molecular complexity index is 365. The molecule has 96 valence electrons. The van der Waals surface area contributed by atoms with Crippen LogP contribution in [-0.4, -0.2) is 36.4 Å². The molecule has 1 N–H and O–H groups in total. The molecule has 0 radical (unpaired) electrons. The van der Waals surface area contributed by atoms with Gasteiger partial charge in [0.15, 0.2) is 0 Å². The van der Waals surface area contributed by atoms with Crippen molar-refractivity contribution >= 4 is 11.3 Å². The second-order valence-electron chi connectivity index (χ2n) is 4.90. The van der Waals surface area contributed by atoms with E-state index in [1.54, 1.807) is 11.3 Å². The van der Waals surface area contributed by atoms with E-state index >= 15 is 0 Å². The van der Waals surface area contributed by atoms with Gasteiger partial charge in [0.2, 0.25) is 0 Å². The van der Waals surface area contributed by atoms with Crippen LogP contribution in [0.15, 0.2) is 5.38 Å². The van der Waals surface area contributed by atoms with Gasteiger partial charge in [0.05, 0.1) is 11.3 Å². The van der Waals surface area contributed by atoms with Crippen molar-refractivity contribution in [2.75, 3.05) is 19.7 Å². The molecule has 1 aliphatic heterocycles. The molecule has 4 nitrogen and oxygen atoms in total. The largest absolute Gasteiger partial charge is 0.467 e. The van der Waals surface area contributed by atoms with Crippen LogP contribution in [0.25, 0.3) is 0 Å². The lowest BCUT2D eigenvalue weighted by Crippen LogP contribution is -2.52. The van der Waals surface area contributed by atoms with Crippen molar-refractivity contribution in [1.82, 2.24) is 10.3 Å². The van der Waals surface area contributed by atoms with Crippen LogP contribution in [0.5, 0.6) is 5.19 Å². The maximum Gasteiger partial charge on any atom is 0.273 e. The molecule has 0 aliphatic carbocycles. The maximum atomic E-state index is 5.92. The monoisotopic (exact) mass is 256 g/mol. The number of hydrogen-bond acceptors (Lipinski definition) is 5. The minimum Gasteiger partial charge on any atom is -0.467 e. The quantitative estimate of drug-likeness (QED) is 0.893. The first-order chi connectivity index (χ1) is 8.09. The van der Waals surface area contributed by atoms with Crippen molar-refractivity contribution in [1.29, 1.82) is 0 Å². The lowest BCUT2D eigenvalue weighted by atomic mass is 10.1. The zero-order chi connectivity index (χ0) is 12.3. The number of thiazole rings is 1. The van der Waals surface area contributed by atoms with E-state index in [1.807, 2.05) is 5.38 Å². The molecule has 2 rings (SSSR count). The number of nitrogens with zero attached hydrogens (tertiary/aromatic N) is 1. The fraction of sp³-hybridized carbons (Fsp3) is 0.750. The molecule has 1 unspecified atom stereocenters. The standard InChI is InChI=1S/C12H20N2O2S/c1-4-9-7-17-11(14-9)15-6-10-5-13-8-12(2,3)16-10/h7,10,13H,4-6,8H2,1-3H3. The lowest BCUT2D eigenvalue weighted by Gasteiger charge is -2.36. The molecular weight excluding hydrogens is 236 g/mol. The summed E-state index contributed by atoms with van der Waals surface area (Å²) in [6, 6.07) is 0. The molecule has 0 aromatic carbocycles. The molecule has 5 heteroatoms. The third-order valence-electron chi connectivity index (χ3n) is 2.69. The predicted molar refractivity (Wildman–Crippen MR) is 68.8 cm³/mol. The Morgan fingerprint density at radius 1 is 1.65 bits per heavy atom. The second-order valence-corrected chi connectivity index (χ2v) is 5.72. The molecule has 1 aromatic rings. The average Bonchev–Trinajstić information content (AvgIpc) is 2.73. The SMILES string of the molecule is CCc1csc(OCC2CNCC(C)(C)O2)n1. The Balaban J connectivity index is 1.81. The smallest absolute Gasteiger partial charge is 0.273 e. The van der Waals surface area contributed by atoms with Crippen LogP contribution >= 0.6 is 11.3 Å². The van der Waals surface area contributed by atoms with Crippen molar-refractivity contribution in [3.63, 3.8) is 0 Å². The van der Waals surface area contributed by atoms with Gasteiger partial charge < -0.3 is 14.8 Å². The Kier molecular flexibility index (Phi) is 4.01. The molecule has 0 spiro atoms. The molecule has 1 saturated heterocycles. The van der Waals surface area contributed by atoms with Gasteiger partial charge in [-0.2, -0.15) is 0 Å². The van der Waals surface area contributed by atoms with E-state index in [0.717, 1.165) is 30.4 Å². The number of aryl methyl sites for hydroxylation is 1. The summed E-state index contributed by atoms with van der Waals surface area (Å²) in [6.07, 6.45) is 1.06. The topological polar surface area (TPSA) is 43.4 Å². The van der Waals surface area contributed by atoms with E-state index in [0.29, 0.717) is 6.61 Å². The first kappa shape index (κ1) is 12.8. The van der Waals surface area contributed by atoms with Crippen molar-refractivity contribution < 1.29 is 9.47 Å². The normalized spacial score (nSPS) is 23.6. The van der Waals surface area contributed by atoms with Gasteiger partial charge in [0.1, 0.15) is 12.7 Å². The van der Waals surface area contributed by atoms with Crippen LogP contribution in [-0.2, 0) is 11.2 Å². The third kappa shape index (κ3) is 3.66. The summed E-state index contributed by atoms with van der Waals surface area (Å²) >= 11 is 1.55.